The summed E-state index contributed by atoms with van der Waals surface area (Å²) in [6.45, 7) is 4.51. The molecule has 1 aliphatic carbocycles. The molecule has 6 aromatic carbocycles. The first kappa shape index (κ1) is 30.1. The van der Waals surface area contributed by atoms with Crippen LogP contribution in [0.4, 0.5) is 0 Å². The van der Waals surface area contributed by atoms with Crippen LogP contribution in [0.2, 0.25) is 0 Å². The smallest absolute Gasteiger partial charge is 0.164 e. The predicted octanol–water partition coefficient (Wildman–Crippen LogP) is 11.2. The van der Waals surface area contributed by atoms with E-state index in [0.29, 0.717) is 23.3 Å². The molecule has 52 heavy (non-hydrogen) atoms. The number of rotatable bonds is 5. The number of hydrogen-bond donors (Lipinski definition) is 0. The largest absolute Gasteiger partial charge is 0.456 e. The second-order valence-electron chi connectivity index (χ2n) is 13.7. The third kappa shape index (κ3) is 4.76. The molecular formula is C46H31N5O. The monoisotopic (exact) mass is 669 g/mol. The summed E-state index contributed by atoms with van der Waals surface area (Å²) < 4.78 is 6.51. The minimum absolute atomic E-state index is 0.293. The summed E-state index contributed by atoms with van der Waals surface area (Å²) in [4.78, 5) is 25.6. The molecule has 0 aliphatic heterocycles. The third-order valence-electron chi connectivity index (χ3n) is 10.1. The zero-order valence-corrected chi connectivity index (χ0v) is 28.6. The molecule has 3 heterocycles. The Balaban J connectivity index is 1.22. The van der Waals surface area contributed by atoms with Crippen LogP contribution >= 0.6 is 0 Å². The second-order valence-corrected chi connectivity index (χ2v) is 13.7. The summed E-state index contributed by atoms with van der Waals surface area (Å²) >= 11 is 0. The Morgan fingerprint density at radius 2 is 1.00 bits per heavy atom. The summed E-state index contributed by atoms with van der Waals surface area (Å²) in [5, 5.41) is 1.91. The van der Waals surface area contributed by atoms with Crippen molar-refractivity contribution in [1.29, 1.82) is 0 Å². The number of nitrogens with zero attached hydrogens (tertiary/aromatic N) is 5. The Labute approximate surface area is 300 Å². The maximum absolute atomic E-state index is 6.51. The quantitative estimate of drug-likeness (QED) is 0.181. The zero-order chi connectivity index (χ0) is 34.8. The Bertz CT molecular complexity index is 2750. The van der Waals surface area contributed by atoms with Crippen LogP contribution in [-0.2, 0) is 5.41 Å². The van der Waals surface area contributed by atoms with Gasteiger partial charge in [0.2, 0.25) is 0 Å². The highest BCUT2D eigenvalue weighted by Crippen LogP contribution is 2.51. The van der Waals surface area contributed by atoms with E-state index >= 15 is 0 Å². The van der Waals surface area contributed by atoms with Crippen LogP contribution in [0, 0.1) is 0 Å². The van der Waals surface area contributed by atoms with Crippen molar-refractivity contribution in [3.8, 4) is 67.9 Å². The normalized spacial score (nSPS) is 13.0. The molecule has 0 saturated heterocycles. The summed E-state index contributed by atoms with van der Waals surface area (Å²) in [6.07, 6.45) is 0. The highest BCUT2D eigenvalue weighted by atomic mass is 16.3. The first-order valence-corrected chi connectivity index (χ1v) is 17.4. The average molecular weight is 670 g/mol. The van der Waals surface area contributed by atoms with E-state index in [4.69, 9.17) is 29.3 Å². The van der Waals surface area contributed by atoms with Crippen molar-refractivity contribution in [2.24, 2.45) is 0 Å². The lowest BCUT2D eigenvalue weighted by Gasteiger charge is -2.21. The van der Waals surface area contributed by atoms with Gasteiger partial charge in [0.05, 0.1) is 11.4 Å². The second kappa shape index (κ2) is 11.6. The fourth-order valence-corrected chi connectivity index (χ4v) is 7.56. The minimum Gasteiger partial charge on any atom is -0.456 e. The molecule has 0 unspecified atom stereocenters. The minimum atomic E-state index is -0.293. The van der Waals surface area contributed by atoms with Gasteiger partial charge in [-0.15, -0.1) is 0 Å². The Morgan fingerprint density at radius 1 is 0.442 bits per heavy atom. The Kier molecular flexibility index (Phi) is 6.73. The lowest BCUT2D eigenvalue weighted by Crippen LogP contribution is -2.17. The van der Waals surface area contributed by atoms with Gasteiger partial charge in [-0.1, -0.05) is 141 Å². The molecular weight excluding hydrogens is 639 g/mol. The van der Waals surface area contributed by atoms with E-state index in [0.717, 1.165) is 66.7 Å². The third-order valence-corrected chi connectivity index (χ3v) is 10.1. The maximum Gasteiger partial charge on any atom is 0.164 e. The van der Waals surface area contributed by atoms with Gasteiger partial charge in [0, 0.05) is 49.6 Å². The van der Waals surface area contributed by atoms with Crippen molar-refractivity contribution >= 4 is 21.9 Å². The molecule has 0 spiro atoms. The van der Waals surface area contributed by atoms with Crippen LogP contribution in [0.5, 0.6) is 0 Å². The van der Waals surface area contributed by atoms with Gasteiger partial charge in [0.1, 0.15) is 11.2 Å². The van der Waals surface area contributed by atoms with E-state index in [1.165, 1.54) is 11.1 Å². The van der Waals surface area contributed by atoms with Gasteiger partial charge >= 0.3 is 0 Å². The number of aromatic nitrogens is 5. The molecule has 0 fully saturated rings. The van der Waals surface area contributed by atoms with Crippen LogP contribution < -0.4 is 0 Å². The number of fused-ring (bicyclic) bond motifs is 6. The van der Waals surface area contributed by atoms with Crippen molar-refractivity contribution in [1.82, 2.24) is 24.9 Å². The van der Waals surface area contributed by atoms with E-state index in [-0.39, 0.29) is 5.41 Å². The first-order valence-electron chi connectivity index (χ1n) is 17.4. The molecule has 0 atom stereocenters. The van der Waals surface area contributed by atoms with Crippen LogP contribution in [0.15, 0.2) is 156 Å². The molecule has 6 nitrogen and oxygen atoms in total. The molecule has 0 radical (unpaired) electrons. The molecule has 10 rings (SSSR count). The molecule has 0 amide bonds. The fraction of sp³-hybridized carbons (Fsp3) is 0.0652. The first-order chi connectivity index (χ1) is 25.5. The van der Waals surface area contributed by atoms with E-state index in [1.807, 2.05) is 91.0 Å². The summed E-state index contributed by atoms with van der Waals surface area (Å²) in [5.74, 6) is 2.51. The maximum atomic E-state index is 6.51. The van der Waals surface area contributed by atoms with E-state index in [2.05, 4.69) is 74.5 Å². The highest BCUT2D eigenvalue weighted by molar-refractivity contribution is 6.13. The highest BCUT2D eigenvalue weighted by Gasteiger charge is 2.39. The van der Waals surface area contributed by atoms with Gasteiger partial charge in [0.25, 0.3) is 0 Å². The zero-order valence-electron chi connectivity index (χ0n) is 28.6. The molecule has 246 valence electrons. The molecule has 1 aliphatic rings. The molecule has 6 heteroatoms. The van der Waals surface area contributed by atoms with Gasteiger partial charge in [0.15, 0.2) is 23.3 Å². The fourth-order valence-electron chi connectivity index (χ4n) is 7.56. The van der Waals surface area contributed by atoms with E-state index in [1.54, 1.807) is 0 Å². The number of hydrogen-bond acceptors (Lipinski definition) is 6. The van der Waals surface area contributed by atoms with Crippen molar-refractivity contribution in [2.45, 2.75) is 19.3 Å². The summed E-state index contributed by atoms with van der Waals surface area (Å²) in [6, 6.07) is 51.4. The molecule has 9 aromatic rings. The lowest BCUT2D eigenvalue weighted by atomic mass is 9.85. The van der Waals surface area contributed by atoms with Crippen LogP contribution in [0.1, 0.15) is 25.1 Å². The predicted molar refractivity (Wildman–Crippen MR) is 207 cm³/mol. The van der Waals surface area contributed by atoms with Crippen molar-refractivity contribution in [2.75, 3.05) is 0 Å². The SMILES string of the molecule is CC1(C)c2ccccc2-c2c(-c3ccc4oc5cccc(-c6nc(-c7ccccc7)nc(-c7ccccc7)n6)c5c4c3)nc(-c3ccccc3)nc21. The summed E-state index contributed by atoms with van der Waals surface area (Å²) in [5.41, 5.74) is 11.3. The average Bonchev–Trinajstić information content (AvgIpc) is 3.70. The van der Waals surface area contributed by atoms with Gasteiger partial charge in [-0.3, -0.25) is 0 Å². The summed E-state index contributed by atoms with van der Waals surface area (Å²) in [7, 11) is 0. The van der Waals surface area contributed by atoms with Gasteiger partial charge < -0.3 is 4.42 Å². The van der Waals surface area contributed by atoms with Gasteiger partial charge in [-0.25, -0.2) is 24.9 Å². The van der Waals surface area contributed by atoms with Crippen molar-refractivity contribution in [3.05, 3.63) is 163 Å². The molecule has 3 aromatic heterocycles. The topological polar surface area (TPSA) is 77.6 Å². The van der Waals surface area contributed by atoms with Crippen molar-refractivity contribution in [3.63, 3.8) is 0 Å². The number of furan rings is 1. The molecule has 0 saturated carbocycles. The van der Waals surface area contributed by atoms with E-state index in [9.17, 15) is 0 Å². The van der Waals surface area contributed by atoms with Crippen LogP contribution in [-0.4, -0.2) is 24.9 Å². The Hall–Kier alpha value is -6.79. The lowest BCUT2D eigenvalue weighted by molar-refractivity contribution is 0.636. The van der Waals surface area contributed by atoms with Crippen LogP contribution in [0.25, 0.3) is 89.9 Å². The standard InChI is InChI=1S/C46H31N5O/c1-46(2)35-23-13-12-21-32(35)39-40(47-42(48-41(39)46)28-15-6-3-7-16-28)31-25-26-36-34(27-31)38-33(22-14-24-37(38)52-36)45-50-43(29-17-8-4-9-18-29)49-44(51-45)30-19-10-5-11-20-30/h3-27H,1-2H3. The van der Waals surface area contributed by atoms with Crippen LogP contribution in [0.3, 0.4) is 0 Å². The molecule has 0 N–H and O–H groups in total. The van der Waals surface area contributed by atoms with E-state index < -0.39 is 0 Å². The molecule has 0 bridgehead atoms. The van der Waals surface area contributed by atoms with Gasteiger partial charge in [-0.05, 0) is 35.4 Å². The Morgan fingerprint density at radius 3 is 1.65 bits per heavy atom. The number of benzene rings is 6. The van der Waals surface area contributed by atoms with Gasteiger partial charge in [-0.2, -0.15) is 0 Å². The van der Waals surface area contributed by atoms with Crippen molar-refractivity contribution < 1.29 is 4.42 Å².